The molecule has 5 nitrogen and oxygen atoms in total. The van der Waals surface area contributed by atoms with Crippen molar-refractivity contribution in [2.45, 2.75) is 26.8 Å². The van der Waals surface area contributed by atoms with Crippen LogP contribution in [0.2, 0.25) is 0 Å². The van der Waals surface area contributed by atoms with E-state index in [0.717, 1.165) is 44.1 Å². The summed E-state index contributed by atoms with van der Waals surface area (Å²) in [6, 6.07) is 6.69. The van der Waals surface area contributed by atoms with E-state index < -0.39 is 0 Å². The summed E-state index contributed by atoms with van der Waals surface area (Å²) < 4.78 is 18.3. The van der Waals surface area contributed by atoms with Gasteiger partial charge in [-0.05, 0) is 30.2 Å². The first kappa shape index (κ1) is 15.9. The molecule has 3 rings (SSSR count). The van der Waals surface area contributed by atoms with E-state index in [1.165, 1.54) is 12.1 Å². The fraction of sp³-hybridized carbons (Fsp3) is 0.529. The van der Waals surface area contributed by atoms with Crippen molar-refractivity contribution in [1.29, 1.82) is 0 Å². The van der Waals surface area contributed by atoms with Crippen LogP contribution in [0.25, 0.3) is 0 Å². The van der Waals surface area contributed by atoms with Gasteiger partial charge < -0.3 is 9.42 Å². The van der Waals surface area contributed by atoms with Crippen LogP contribution in [0, 0.1) is 11.7 Å². The SMILES string of the molecule is CC(C)Cc1noc(CN2CCN(c3ccc(F)cc3)CC2)n1. The minimum Gasteiger partial charge on any atom is -0.369 e. The van der Waals surface area contributed by atoms with Gasteiger partial charge in [0.2, 0.25) is 5.89 Å². The highest BCUT2D eigenvalue weighted by Crippen LogP contribution is 2.17. The Morgan fingerprint density at radius 2 is 1.83 bits per heavy atom. The molecule has 0 spiro atoms. The highest BCUT2D eigenvalue weighted by molar-refractivity contribution is 5.46. The predicted molar refractivity (Wildman–Crippen MR) is 86.7 cm³/mol. The van der Waals surface area contributed by atoms with E-state index in [9.17, 15) is 4.39 Å². The van der Waals surface area contributed by atoms with Crippen molar-refractivity contribution in [3.8, 4) is 0 Å². The molecule has 1 aliphatic rings. The Morgan fingerprint density at radius 1 is 1.13 bits per heavy atom. The van der Waals surface area contributed by atoms with Gasteiger partial charge in [-0.15, -0.1) is 0 Å². The van der Waals surface area contributed by atoms with E-state index in [1.54, 1.807) is 0 Å². The van der Waals surface area contributed by atoms with Crippen LogP contribution < -0.4 is 4.90 Å². The van der Waals surface area contributed by atoms with Crippen molar-refractivity contribution in [2.75, 3.05) is 31.1 Å². The third-order valence-electron chi connectivity index (χ3n) is 4.02. The monoisotopic (exact) mass is 318 g/mol. The van der Waals surface area contributed by atoms with Crippen LogP contribution in [-0.2, 0) is 13.0 Å². The normalized spacial score (nSPS) is 16.3. The minimum absolute atomic E-state index is 0.194. The molecule has 0 N–H and O–H groups in total. The van der Waals surface area contributed by atoms with Gasteiger partial charge in [-0.3, -0.25) is 4.90 Å². The van der Waals surface area contributed by atoms with Crippen LogP contribution in [-0.4, -0.2) is 41.2 Å². The van der Waals surface area contributed by atoms with Gasteiger partial charge in [0.1, 0.15) is 5.82 Å². The Bertz CT molecular complexity index is 618. The van der Waals surface area contributed by atoms with Gasteiger partial charge in [-0.2, -0.15) is 4.98 Å². The van der Waals surface area contributed by atoms with Gasteiger partial charge in [0.05, 0.1) is 6.54 Å². The summed E-state index contributed by atoms with van der Waals surface area (Å²) in [4.78, 5) is 9.04. The van der Waals surface area contributed by atoms with E-state index in [1.807, 2.05) is 12.1 Å². The lowest BCUT2D eigenvalue weighted by Gasteiger charge is -2.35. The first-order chi connectivity index (χ1) is 11.1. The molecular formula is C17H23FN4O. The molecule has 0 unspecified atom stereocenters. The number of rotatable bonds is 5. The maximum Gasteiger partial charge on any atom is 0.240 e. The molecule has 124 valence electrons. The second-order valence-corrected chi connectivity index (χ2v) is 6.44. The van der Waals surface area contributed by atoms with Crippen LogP contribution in [0.1, 0.15) is 25.6 Å². The average molecular weight is 318 g/mol. The second-order valence-electron chi connectivity index (χ2n) is 6.44. The maximum atomic E-state index is 13.0. The summed E-state index contributed by atoms with van der Waals surface area (Å²) in [6.07, 6.45) is 0.849. The van der Waals surface area contributed by atoms with Gasteiger partial charge >= 0.3 is 0 Å². The third kappa shape index (κ3) is 4.28. The van der Waals surface area contributed by atoms with Crippen molar-refractivity contribution < 1.29 is 8.91 Å². The number of anilines is 1. The summed E-state index contributed by atoms with van der Waals surface area (Å²) >= 11 is 0. The highest BCUT2D eigenvalue weighted by atomic mass is 19.1. The number of aromatic nitrogens is 2. The molecule has 0 aliphatic carbocycles. The number of benzene rings is 1. The number of nitrogens with zero attached hydrogens (tertiary/aromatic N) is 4. The molecular weight excluding hydrogens is 295 g/mol. The summed E-state index contributed by atoms with van der Waals surface area (Å²) in [6.45, 7) is 8.67. The lowest BCUT2D eigenvalue weighted by atomic mass is 10.1. The fourth-order valence-corrected chi connectivity index (χ4v) is 2.81. The average Bonchev–Trinajstić information content (AvgIpc) is 2.95. The molecule has 1 aromatic carbocycles. The molecule has 2 heterocycles. The quantitative estimate of drug-likeness (QED) is 0.848. The van der Waals surface area contributed by atoms with Gasteiger partial charge in [0, 0.05) is 38.3 Å². The second kappa shape index (κ2) is 7.08. The van der Waals surface area contributed by atoms with Crippen molar-refractivity contribution in [2.24, 2.45) is 5.92 Å². The van der Waals surface area contributed by atoms with Gasteiger partial charge in [-0.1, -0.05) is 19.0 Å². The van der Waals surface area contributed by atoms with Gasteiger partial charge in [0.25, 0.3) is 0 Å². The van der Waals surface area contributed by atoms with Crippen LogP contribution >= 0.6 is 0 Å². The Balaban J connectivity index is 1.51. The third-order valence-corrected chi connectivity index (χ3v) is 4.02. The number of hydrogen-bond donors (Lipinski definition) is 0. The molecule has 0 saturated carbocycles. The van der Waals surface area contributed by atoms with E-state index in [4.69, 9.17) is 4.52 Å². The zero-order chi connectivity index (χ0) is 16.2. The topological polar surface area (TPSA) is 45.4 Å². The maximum absolute atomic E-state index is 13.0. The molecule has 23 heavy (non-hydrogen) atoms. The molecule has 1 aromatic heterocycles. The molecule has 0 amide bonds. The van der Waals surface area contributed by atoms with Crippen molar-refractivity contribution >= 4 is 5.69 Å². The molecule has 0 bridgehead atoms. The van der Waals surface area contributed by atoms with Crippen LogP contribution in [0.4, 0.5) is 10.1 Å². The Kier molecular flexibility index (Phi) is 4.91. The smallest absolute Gasteiger partial charge is 0.240 e. The lowest BCUT2D eigenvalue weighted by Crippen LogP contribution is -2.46. The van der Waals surface area contributed by atoms with E-state index in [-0.39, 0.29) is 5.82 Å². The lowest BCUT2D eigenvalue weighted by molar-refractivity contribution is 0.215. The summed E-state index contributed by atoms with van der Waals surface area (Å²) in [7, 11) is 0. The molecule has 2 aromatic rings. The van der Waals surface area contributed by atoms with Gasteiger partial charge in [-0.25, -0.2) is 4.39 Å². The summed E-state index contributed by atoms with van der Waals surface area (Å²) in [5.41, 5.74) is 1.07. The molecule has 1 aliphatic heterocycles. The van der Waals surface area contributed by atoms with E-state index in [0.29, 0.717) is 18.4 Å². The largest absolute Gasteiger partial charge is 0.369 e. The number of halogens is 1. The van der Waals surface area contributed by atoms with E-state index >= 15 is 0 Å². The molecule has 1 saturated heterocycles. The minimum atomic E-state index is -0.194. The Labute approximate surface area is 136 Å². The standard InChI is InChI=1S/C17H23FN4O/c1-13(2)11-16-19-17(23-20-16)12-21-7-9-22(10-8-21)15-5-3-14(18)4-6-15/h3-6,13H,7-12H2,1-2H3. The fourth-order valence-electron chi connectivity index (χ4n) is 2.81. The Morgan fingerprint density at radius 3 is 2.48 bits per heavy atom. The van der Waals surface area contributed by atoms with Crippen LogP contribution in [0.3, 0.4) is 0 Å². The molecule has 0 radical (unpaired) electrons. The number of piperazine rings is 1. The van der Waals surface area contributed by atoms with Crippen molar-refractivity contribution in [1.82, 2.24) is 15.0 Å². The first-order valence-electron chi connectivity index (χ1n) is 8.14. The van der Waals surface area contributed by atoms with Crippen LogP contribution in [0.5, 0.6) is 0 Å². The van der Waals surface area contributed by atoms with E-state index in [2.05, 4.69) is 33.8 Å². The summed E-state index contributed by atoms with van der Waals surface area (Å²) in [5.74, 6) is 1.82. The van der Waals surface area contributed by atoms with Gasteiger partial charge in [0.15, 0.2) is 5.82 Å². The molecule has 0 atom stereocenters. The zero-order valence-electron chi connectivity index (χ0n) is 13.7. The number of hydrogen-bond acceptors (Lipinski definition) is 5. The molecule has 6 heteroatoms. The summed E-state index contributed by atoms with van der Waals surface area (Å²) in [5, 5.41) is 4.03. The van der Waals surface area contributed by atoms with Crippen LogP contribution in [0.15, 0.2) is 28.8 Å². The van der Waals surface area contributed by atoms with Crippen molar-refractivity contribution in [3.05, 3.63) is 41.8 Å². The Hall–Kier alpha value is -1.95. The first-order valence-corrected chi connectivity index (χ1v) is 8.14. The predicted octanol–water partition coefficient (Wildman–Crippen LogP) is 2.73. The zero-order valence-corrected chi connectivity index (χ0v) is 13.7. The molecule has 1 fully saturated rings. The highest BCUT2D eigenvalue weighted by Gasteiger charge is 2.19. The van der Waals surface area contributed by atoms with Crippen molar-refractivity contribution in [3.63, 3.8) is 0 Å².